The Morgan fingerprint density at radius 1 is 1.28 bits per heavy atom. The molecule has 0 spiro atoms. The molecule has 1 aliphatic heterocycles. The first kappa shape index (κ1) is 19.2. The van der Waals surface area contributed by atoms with E-state index in [-0.39, 0.29) is 31.4 Å². The number of carbonyl (C=O) groups excluding carboxylic acids is 1. The lowest BCUT2D eigenvalue weighted by Gasteiger charge is -2.27. The molecule has 6 heteroatoms. The number of hydrogen-bond donors (Lipinski definition) is 2. The van der Waals surface area contributed by atoms with Crippen molar-refractivity contribution in [1.82, 2.24) is 5.32 Å². The van der Waals surface area contributed by atoms with Crippen molar-refractivity contribution in [3.8, 4) is 5.75 Å². The molecule has 0 aliphatic carbocycles. The molecule has 1 atom stereocenters. The maximum absolute atomic E-state index is 12.0. The second kappa shape index (κ2) is 9.42. The molecule has 6 nitrogen and oxygen atoms in total. The number of aliphatic carboxylic acids is 1. The third-order valence-electron chi connectivity index (χ3n) is 4.75. The van der Waals surface area contributed by atoms with Gasteiger partial charge in [0.05, 0.1) is 18.9 Å². The number of rotatable bonds is 8. The van der Waals surface area contributed by atoms with Crippen LogP contribution >= 0.6 is 0 Å². The van der Waals surface area contributed by atoms with E-state index in [1.807, 2.05) is 32.0 Å². The lowest BCUT2D eigenvalue weighted by Crippen LogP contribution is -2.39. The summed E-state index contributed by atoms with van der Waals surface area (Å²) in [6.07, 6.45) is 1.65. The molecule has 25 heavy (non-hydrogen) atoms. The average Bonchev–Trinajstić information content (AvgIpc) is 2.59. The van der Waals surface area contributed by atoms with E-state index in [1.54, 1.807) is 0 Å². The predicted octanol–water partition coefficient (Wildman–Crippen LogP) is 2.32. The highest BCUT2D eigenvalue weighted by molar-refractivity contribution is 5.77. The van der Waals surface area contributed by atoms with E-state index in [2.05, 4.69) is 5.32 Å². The molecule has 2 N–H and O–H groups in total. The Morgan fingerprint density at radius 3 is 2.64 bits per heavy atom. The van der Waals surface area contributed by atoms with Gasteiger partial charge in [-0.05, 0) is 55.9 Å². The second-order valence-electron chi connectivity index (χ2n) is 6.54. The first-order chi connectivity index (χ1) is 12.0. The highest BCUT2D eigenvalue weighted by atomic mass is 16.5. The normalized spacial score (nSPS) is 16.2. The Kier molecular flexibility index (Phi) is 7.25. The number of ether oxygens (including phenoxy) is 2. The van der Waals surface area contributed by atoms with Crippen LogP contribution in [0.5, 0.6) is 5.75 Å². The fourth-order valence-corrected chi connectivity index (χ4v) is 2.95. The molecule has 1 unspecified atom stereocenters. The molecule has 1 aliphatic rings. The van der Waals surface area contributed by atoms with Crippen LogP contribution in [0.1, 0.15) is 30.4 Å². The van der Waals surface area contributed by atoms with Gasteiger partial charge in [0.1, 0.15) is 5.75 Å². The highest BCUT2D eigenvalue weighted by Gasteiger charge is 2.29. The molecule has 1 saturated heterocycles. The summed E-state index contributed by atoms with van der Waals surface area (Å²) in [6, 6.07) is 5.81. The number of amides is 1. The fraction of sp³-hybridized carbons (Fsp3) is 0.579. The molecule has 0 saturated carbocycles. The molecule has 0 radical (unpaired) electrons. The Balaban J connectivity index is 1.73. The van der Waals surface area contributed by atoms with Gasteiger partial charge in [0.15, 0.2) is 0 Å². The summed E-state index contributed by atoms with van der Waals surface area (Å²) >= 11 is 0. The molecule has 1 aromatic rings. The van der Waals surface area contributed by atoms with Crippen LogP contribution in [0.15, 0.2) is 18.2 Å². The topological polar surface area (TPSA) is 84.9 Å². The van der Waals surface area contributed by atoms with Gasteiger partial charge >= 0.3 is 5.97 Å². The SMILES string of the molecule is Cc1ccc(OCCC(=O)NCC(C(=O)O)C2CCOCC2)cc1C. The Hall–Kier alpha value is -2.08. The van der Waals surface area contributed by atoms with Crippen LogP contribution < -0.4 is 10.1 Å². The standard InChI is InChI=1S/C19H27NO5/c1-13-3-4-16(11-14(13)2)25-10-7-18(21)20-12-17(19(22)23)15-5-8-24-9-6-15/h3-4,11,15,17H,5-10,12H2,1-2H3,(H,20,21)(H,22,23). The zero-order valence-electron chi connectivity index (χ0n) is 14.9. The number of aryl methyl sites for hydroxylation is 2. The summed E-state index contributed by atoms with van der Waals surface area (Å²) in [6.45, 7) is 5.64. The van der Waals surface area contributed by atoms with E-state index in [4.69, 9.17) is 9.47 Å². The van der Waals surface area contributed by atoms with Gasteiger partial charge in [0, 0.05) is 19.8 Å². The Labute approximate surface area is 148 Å². The van der Waals surface area contributed by atoms with Gasteiger partial charge in [-0.2, -0.15) is 0 Å². The molecule has 2 rings (SSSR count). The molecule has 1 amide bonds. The first-order valence-corrected chi connectivity index (χ1v) is 8.74. The monoisotopic (exact) mass is 349 g/mol. The minimum atomic E-state index is -0.862. The number of hydrogen-bond acceptors (Lipinski definition) is 4. The second-order valence-corrected chi connectivity index (χ2v) is 6.54. The lowest BCUT2D eigenvalue weighted by molar-refractivity contribution is -0.145. The lowest BCUT2D eigenvalue weighted by atomic mass is 9.86. The van der Waals surface area contributed by atoms with Gasteiger partial charge in [0.2, 0.25) is 5.91 Å². The fourth-order valence-electron chi connectivity index (χ4n) is 2.95. The number of benzene rings is 1. The van der Waals surface area contributed by atoms with Gasteiger partial charge in [-0.3, -0.25) is 9.59 Å². The van der Waals surface area contributed by atoms with Crippen molar-refractivity contribution in [2.45, 2.75) is 33.1 Å². The van der Waals surface area contributed by atoms with Crippen molar-refractivity contribution < 1.29 is 24.2 Å². The molecule has 1 fully saturated rings. The van der Waals surface area contributed by atoms with Crippen LogP contribution in [0, 0.1) is 25.7 Å². The smallest absolute Gasteiger partial charge is 0.308 e. The molecular formula is C19H27NO5. The molecule has 1 heterocycles. The van der Waals surface area contributed by atoms with Crippen LogP contribution in [0.3, 0.4) is 0 Å². The van der Waals surface area contributed by atoms with Crippen molar-refractivity contribution in [3.05, 3.63) is 29.3 Å². The Morgan fingerprint density at radius 2 is 2.00 bits per heavy atom. The number of carboxylic acids is 1. The van der Waals surface area contributed by atoms with E-state index in [1.165, 1.54) is 5.56 Å². The van der Waals surface area contributed by atoms with Crippen LogP contribution in [-0.2, 0) is 14.3 Å². The largest absolute Gasteiger partial charge is 0.493 e. The number of carboxylic acid groups (broad SMARTS) is 1. The van der Waals surface area contributed by atoms with Gasteiger partial charge < -0.3 is 19.9 Å². The molecule has 138 valence electrons. The van der Waals surface area contributed by atoms with E-state index >= 15 is 0 Å². The quantitative estimate of drug-likeness (QED) is 0.752. The van der Waals surface area contributed by atoms with Gasteiger partial charge in [0.25, 0.3) is 0 Å². The van der Waals surface area contributed by atoms with E-state index in [0.29, 0.717) is 13.2 Å². The minimum Gasteiger partial charge on any atom is -0.493 e. The maximum atomic E-state index is 12.0. The van der Waals surface area contributed by atoms with Gasteiger partial charge in [-0.1, -0.05) is 6.07 Å². The zero-order chi connectivity index (χ0) is 18.2. The molecular weight excluding hydrogens is 322 g/mol. The van der Waals surface area contributed by atoms with Crippen LogP contribution in [-0.4, -0.2) is 43.3 Å². The minimum absolute atomic E-state index is 0.0540. The van der Waals surface area contributed by atoms with E-state index in [9.17, 15) is 14.7 Å². The van der Waals surface area contributed by atoms with Crippen molar-refractivity contribution in [3.63, 3.8) is 0 Å². The molecule has 0 aromatic heterocycles. The van der Waals surface area contributed by atoms with E-state index < -0.39 is 11.9 Å². The van der Waals surface area contributed by atoms with E-state index in [0.717, 1.165) is 24.2 Å². The van der Waals surface area contributed by atoms with Gasteiger partial charge in [-0.15, -0.1) is 0 Å². The number of nitrogens with one attached hydrogen (secondary N) is 1. The summed E-state index contributed by atoms with van der Waals surface area (Å²) in [5.41, 5.74) is 2.33. The van der Waals surface area contributed by atoms with Crippen LogP contribution in [0.2, 0.25) is 0 Å². The van der Waals surface area contributed by atoms with Crippen molar-refractivity contribution in [2.24, 2.45) is 11.8 Å². The van der Waals surface area contributed by atoms with Gasteiger partial charge in [-0.25, -0.2) is 0 Å². The summed E-state index contributed by atoms with van der Waals surface area (Å²) < 4.78 is 10.9. The van der Waals surface area contributed by atoms with Crippen LogP contribution in [0.4, 0.5) is 0 Å². The molecule has 1 aromatic carbocycles. The van der Waals surface area contributed by atoms with Crippen LogP contribution in [0.25, 0.3) is 0 Å². The third-order valence-corrected chi connectivity index (χ3v) is 4.75. The zero-order valence-corrected chi connectivity index (χ0v) is 14.9. The average molecular weight is 349 g/mol. The third kappa shape index (κ3) is 6.05. The molecule has 0 bridgehead atoms. The maximum Gasteiger partial charge on any atom is 0.308 e. The summed E-state index contributed by atoms with van der Waals surface area (Å²) in [5.74, 6) is -0.825. The first-order valence-electron chi connectivity index (χ1n) is 8.74. The predicted molar refractivity (Wildman–Crippen MR) is 93.7 cm³/mol. The highest BCUT2D eigenvalue weighted by Crippen LogP contribution is 2.23. The Bertz CT molecular complexity index is 595. The van der Waals surface area contributed by atoms with Crippen molar-refractivity contribution in [1.29, 1.82) is 0 Å². The van der Waals surface area contributed by atoms with Crippen molar-refractivity contribution in [2.75, 3.05) is 26.4 Å². The summed E-state index contributed by atoms with van der Waals surface area (Å²) in [4.78, 5) is 23.4. The van der Waals surface area contributed by atoms with Crippen molar-refractivity contribution >= 4 is 11.9 Å². The summed E-state index contributed by atoms with van der Waals surface area (Å²) in [5, 5.41) is 12.1. The summed E-state index contributed by atoms with van der Waals surface area (Å²) in [7, 11) is 0. The number of carbonyl (C=O) groups is 2.